The molecule has 0 aliphatic rings. The summed E-state index contributed by atoms with van der Waals surface area (Å²) >= 11 is 0. The molecule has 2 N–H and O–H groups in total. The SMILES string of the molecule is Cc1ccccc1C=CC(=O)Nc1cnccc1C(=O)O. The Kier molecular flexibility index (Phi) is 4.46. The van der Waals surface area contributed by atoms with Gasteiger partial charge < -0.3 is 10.4 Å². The van der Waals surface area contributed by atoms with Crippen LogP contribution in [0.15, 0.2) is 48.8 Å². The van der Waals surface area contributed by atoms with Gasteiger partial charge in [0.1, 0.15) is 0 Å². The summed E-state index contributed by atoms with van der Waals surface area (Å²) in [4.78, 5) is 26.7. The van der Waals surface area contributed by atoms with Crippen molar-refractivity contribution in [1.82, 2.24) is 4.98 Å². The zero-order chi connectivity index (χ0) is 15.2. The highest BCUT2D eigenvalue weighted by Crippen LogP contribution is 2.14. The molecule has 21 heavy (non-hydrogen) atoms. The highest BCUT2D eigenvalue weighted by atomic mass is 16.4. The number of nitrogens with one attached hydrogen (secondary N) is 1. The lowest BCUT2D eigenvalue weighted by molar-refractivity contribution is -0.111. The molecule has 0 aliphatic heterocycles. The van der Waals surface area contributed by atoms with Gasteiger partial charge in [-0.3, -0.25) is 9.78 Å². The molecule has 0 fully saturated rings. The van der Waals surface area contributed by atoms with E-state index in [0.717, 1.165) is 11.1 Å². The van der Waals surface area contributed by atoms with Gasteiger partial charge in [0.15, 0.2) is 0 Å². The molecule has 0 atom stereocenters. The van der Waals surface area contributed by atoms with Crippen LogP contribution in [0.3, 0.4) is 0 Å². The second-order valence-electron chi connectivity index (χ2n) is 4.41. The highest BCUT2D eigenvalue weighted by molar-refractivity contribution is 6.05. The number of amides is 1. The number of benzene rings is 1. The summed E-state index contributed by atoms with van der Waals surface area (Å²) in [7, 11) is 0. The number of carbonyl (C=O) groups excluding carboxylic acids is 1. The molecule has 5 heteroatoms. The second-order valence-corrected chi connectivity index (χ2v) is 4.41. The van der Waals surface area contributed by atoms with Crippen LogP contribution in [0.5, 0.6) is 0 Å². The van der Waals surface area contributed by atoms with Crippen LogP contribution in [0.1, 0.15) is 21.5 Å². The van der Waals surface area contributed by atoms with Crippen LogP contribution in [0.4, 0.5) is 5.69 Å². The molecule has 1 heterocycles. The minimum atomic E-state index is -1.12. The number of anilines is 1. The van der Waals surface area contributed by atoms with Gasteiger partial charge in [-0.05, 0) is 30.2 Å². The van der Waals surface area contributed by atoms with E-state index in [1.807, 2.05) is 31.2 Å². The van der Waals surface area contributed by atoms with Crippen LogP contribution in [0.25, 0.3) is 6.08 Å². The van der Waals surface area contributed by atoms with Crippen molar-refractivity contribution in [1.29, 1.82) is 0 Å². The Morgan fingerprint density at radius 1 is 1.24 bits per heavy atom. The Bertz CT molecular complexity index is 708. The van der Waals surface area contributed by atoms with E-state index in [0.29, 0.717) is 0 Å². The van der Waals surface area contributed by atoms with E-state index < -0.39 is 11.9 Å². The lowest BCUT2D eigenvalue weighted by atomic mass is 10.1. The fourth-order valence-corrected chi connectivity index (χ4v) is 1.79. The number of nitrogens with zero attached hydrogens (tertiary/aromatic N) is 1. The first-order chi connectivity index (χ1) is 10.1. The monoisotopic (exact) mass is 282 g/mol. The minimum Gasteiger partial charge on any atom is -0.478 e. The zero-order valence-electron chi connectivity index (χ0n) is 11.4. The number of hydrogen-bond donors (Lipinski definition) is 2. The molecule has 0 saturated carbocycles. The number of aryl methyl sites for hydroxylation is 1. The smallest absolute Gasteiger partial charge is 0.337 e. The number of pyridine rings is 1. The molecule has 0 saturated heterocycles. The van der Waals surface area contributed by atoms with Gasteiger partial charge in [-0.2, -0.15) is 0 Å². The number of carboxylic acid groups (broad SMARTS) is 1. The molecule has 1 aromatic heterocycles. The summed E-state index contributed by atoms with van der Waals surface area (Å²) < 4.78 is 0. The van der Waals surface area contributed by atoms with Gasteiger partial charge in [0.2, 0.25) is 5.91 Å². The van der Waals surface area contributed by atoms with Gasteiger partial charge in [0.25, 0.3) is 0 Å². The van der Waals surface area contributed by atoms with Crippen molar-refractivity contribution >= 4 is 23.6 Å². The normalized spacial score (nSPS) is 10.5. The summed E-state index contributed by atoms with van der Waals surface area (Å²) in [5.41, 5.74) is 2.15. The Hall–Kier alpha value is -2.95. The molecule has 1 aromatic carbocycles. The van der Waals surface area contributed by atoms with Crippen molar-refractivity contribution in [3.8, 4) is 0 Å². The first-order valence-electron chi connectivity index (χ1n) is 6.30. The fraction of sp³-hybridized carbons (Fsp3) is 0.0625. The van der Waals surface area contributed by atoms with Crippen molar-refractivity contribution in [2.75, 3.05) is 5.32 Å². The van der Waals surface area contributed by atoms with Gasteiger partial charge in [0.05, 0.1) is 17.4 Å². The molecule has 0 unspecified atom stereocenters. The Labute approximate surface area is 122 Å². The van der Waals surface area contributed by atoms with E-state index in [1.54, 1.807) is 6.08 Å². The van der Waals surface area contributed by atoms with Crippen LogP contribution in [0.2, 0.25) is 0 Å². The zero-order valence-corrected chi connectivity index (χ0v) is 11.4. The Morgan fingerprint density at radius 2 is 2.00 bits per heavy atom. The van der Waals surface area contributed by atoms with Gasteiger partial charge in [-0.1, -0.05) is 24.3 Å². The average molecular weight is 282 g/mol. The third-order valence-corrected chi connectivity index (χ3v) is 2.91. The molecular weight excluding hydrogens is 268 g/mol. The standard InChI is InChI=1S/C16H14N2O3/c1-11-4-2-3-5-12(11)6-7-15(19)18-14-10-17-9-8-13(14)16(20)21/h2-10H,1H3,(H,18,19)(H,20,21). The maximum Gasteiger partial charge on any atom is 0.337 e. The quantitative estimate of drug-likeness (QED) is 0.845. The van der Waals surface area contributed by atoms with Crippen molar-refractivity contribution < 1.29 is 14.7 Å². The van der Waals surface area contributed by atoms with Crippen molar-refractivity contribution in [2.24, 2.45) is 0 Å². The van der Waals surface area contributed by atoms with Crippen molar-refractivity contribution in [3.05, 3.63) is 65.5 Å². The van der Waals surface area contributed by atoms with Gasteiger partial charge >= 0.3 is 5.97 Å². The number of rotatable bonds is 4. The van der Waals surface area contributed by atoms with E-state index in [9.17, 15) is 9.59 Å². The van der Waals surface area contributed by atoms with E-state index in [4.69, 9.17) is 5.11 Å². The molecule has 1 amide bonds. The summed E-state index contributed by atoms with van der Waals surface area (Å²) in [6, 6.07) is 8.98. The first kappa shape index (κ1) is 14.5. The van der Waals surface area contributed by atoms with E-state index >= 15 is 0 Å². The van der Waals surface area contributed by atoms with Gasteiger partial charge in [-0.25, -0.2) is 4.79 Å². The average Bonchev–Trinajstić information content (AvgIpc) is 2.47. The van der Waals surface area contributed by atoms with Crippen LogP contribution >= 0.6 is 0 Å². The third-order valence-electron chi connectivity index (χ3n) is 2.91. The van der Waals surface area contributed by atoms with Crippen molar-refractivity contribution in [3.63, 3.8) is 0 Å². The molecule has 2 aromatic rings. The number of aromatic nitrogens is 1. The largest absolute Gasteiger partial charge is 0.478 e. The lowest BCUT2D eigenvalue weighted by Gasteiger charge is -2.05. The number of hydrogen-bond acceptors (Lipinski definition) is 3. The van der Waals surface area contributed by atoms with Crippen LogP contribution in [-0.2, 0) is 4.79 Å². The summed E-state index contributed by atoms with van der Waals surface area (Å²) in [5.74, 6) is -1.52. The second kappa shape index (κ2) is 6.47. The maximum absolute atomic E-state index is 11.9. The first-order valence-corrected chi connectivity index (χ1v) is 6.30. The lowest BCUT2D eigenvalue weighted by Crippen LogP contribution is -2.12. The van der Waals surface area contributed by atoms with Crippen LogP contribution < -0.4 is 5.32 Å². The molecule has 5 nitrogen and oxygen atoms in total. The summed E-state index contributed by atoms with van der Waals surface area (Å²) in [5, 5.41) is 11.5. The van der Waals surface area contributed by atoms with E-state index in [-0.39, 0.29) is 11.3 Å². The number of carbonyl (C=O) groups is 2. The molecule has 0 bridgehead atoms. The molecule has 0 aliphatic carbocycles. The Morgan fingerprint density at radius 3 is 2.71 bits per heavy atom. The molecular formula is C16H14N2O3. The topological polar surface area (TPSA) is 79.3 Å². The van der Waals surface area contributed by atoms with Crippen LogP contribution in [0, 0.1) is 6.92 Å². The molecule has 0 radical (unpaired) electrons. The minimum absolute atomic E-state index is 0.00245. The highest BCUT2D eigenvalue weighted by Gasteiger charge is 2.10. The van der Waals surface area contributed by atoms with E-state index in [1.165, 1.54) is 24.5 Å². The van der Waals surface area contributed by atoms with Gasteiger partial charge in [-0.15, -0.1) is 0 Å². The van der Waals surface area contributed by atoms with E-state index in [2.05, 4.69) is 10.3 Å². The predicted octanol–water partition coefficient (Wildman–Crippen LogP) is 2.74. The van der Waals surface area contributed by atoms with Crippen molar-refractivity contribution in [2.45, 2.75) is 6.92 Å². The maximum atomic E-state index is 11.9. The predicted molar refractivity (Wildman–Crippen MR) is 80.0 cm³/mol. The third kappa shape index (κ3) is 3.76. The molecule has 106 valence electrons. The Balaban J connectivity index is 2.13. The van der Waals surface area contributed by atoms with Crippen LogP contribution in [-0.4, -0.2) is 22.0 Å². The number of aromatic carboxylic acids is 1. The molecule has 0 spiro atoms. The summed E-state index contributed by atoms with van der Waals surface area (Å²) in [6.45, 7) is 1.95. The number of carboxylic acids is 1. The summed E-state index contributed by atoms with van der Waals surface area (Å²) in [6.07, 6.45) is 5.72. The fourth-order valence-electron chi connectivity index (χ4n) is 1.79. The molecule has 2 rings (SSSR count). The van der Waals surface area contributed by atoms with Gasteiger partial charge in [0, 0.05) is 12.3 Å².